The van der Waals surface area contributed by atoms with Gasteiger partial charge in [0.25, 0.3) is 5.88 Å². The first-order chi connectivity index (χ1) is 15.3. The summed E-state index contributed by atoms with van der Waals surface area (Å²) in [7, 11) is 0. The molecule has 3 heterocycles. The molecule has 31 heavy (non-hydrogen) atoms. The van der Waals surface area contributed by atoms with Crippen LogP contribution in [0.3, 0.4) is 0 Å². The highest BCUT2D eigenvalue weighted by atomic mass is 16.5. The third kappa shape index (κ3) is 4.20. The number of rotatable bonds is 5. The maximum Gasteiger partial charge on any atom is 0.257 e. The van der Waals surface area contributed by atoms with Crippen LogP contribution in [-0.4, -0.2) is 34.8 Å². The van der Waals surface area contributed by atoms with Crippen molar-refractivity contribution in [3.05, 3.63) is 66.9 Å². The molecule has 2 aromatic carbocycles. The van der Waals surface area contributed by atoms with Crippen molar-refractivity contribution in [2.24, 2.45) is 5.92 Å². The Morgan fingerprint density at radius 2 is 1.71 bits per heavy atom. The van der Waals surface area contributed by atoms with Crippen molar-refractivity contribution in [1.29, 1.82) is 0 Å². The first-order valence-corrected chi connectivity index (χ1v) is 10.6. The van der Waals surface area contributed by atoms with Gasteiger partial charge >= 0.3 is 0 Å². The lowest BCUT2D eigenvalue weighted by Gasteiger charge is -2.22. The van der Waals surface area contributed by atoms with Gasteiger partial charge in [-0.25, -0.2) is 9.97 Å². The molecule has 1 aliphatic rings. The van der Waals surface area contributed by atoms with Crippen LogP contribution in [-0.2, 0) is 4.74 Å². The van der Waals surface area contributed by atoms with Crippen molar-refractivity contribution >= 4 is 16.7 Å². The van der Waals surface area contributed by atoms with E-state index in [-0.39, 0.29) is 0 Å². The van der Waals surface area contributed by atoms with Gasteiger partial charge in [-0.1, -0.05) is 42.5 Å². The Kier molecular flexibility index (Phi) is 5.46. The number of fused-ring (bicyclic) bond motifs is 1. The molecule has 0 spiro atoms. The van der Waals surface area contributed by atoms with Crippen molar-refractivity contribution in [3.8, 4) is 28.4 Å². The number of nitrogen functional groups attached to an aromatic ring is 1. The van der Waals surface area contributed by atoms with E-state index >= 15 is 0 Å². The quantitative estimate of drug-likeness (QED) is 0.509. The van der Waals surface area contributed by atoms with E-state index in [1.807, 2.05) is 54.6 Å². The smallest absolute Gasteiger partial charge is 0.257 e. The Morgan fingerprint density at radius 3 is 2.55 bits per heavy atom. The Hall–Kier alpha value is -3.51. The van der Waals surface area contributed by atoms with E-state index in [1.54, 1.807) is 6.20 Å². The molecule has 2 N–H and O–H groups in total. The SMILES string of the molecule is Nc1nc(-c2ccccc2)c(-c2ccc3ncccc3c2)nc1OCC1CCOCC1. The molecule has 0 saturated carbocycles. The first kappa shape index (κ1) is 19.5. The van der Waals surface area contributed by atoms with E-state index in [9.17, 15) is 0 Å². The highest BCUT2D eigenvalue weighted by molar-refractivity contribution is 5.87. The first-order valence-electron chi connectivity index (χ1n) is 10.6. The van der Waals surface area contributed by atoms with Gasteiger partial charge in [0.15, 0.2) is 5.82 Å². The molecule has 0 aliphatic carbocycles. The van der Waals surface area contributed by atoms with Crippen molar-refractivity contribution in [2.75, 3.05) is 25.6 Å². The van der Waals surface area contributed by atoms with Crippen LogP contribution in [0.1, 0.15) is 12.8 Å². The van der Waals surface area contributed by atoms with E-state index in [4.69, 9.17) is 25.2 Å². The van der Waals surface area contributed by atoms with Crippen molar-refractivity contribution < 1.29 is 9.47 Å². The van der Waals surface area contributed by atoms with Gasteiger partial charge in [0.2, 0.25) is 0 Å². The minimum absolute atomic E-state index is 0.303. The third-order valence-electron chi connectivity index (χ3n) is 5.61. The Morgan fingerprint density at radius 1 is 0.903 bits per heavy atom. The Balaban J connectivity index is 1.57. The molecule has 156 valence electrons. The third-order valence-corrected chi connectivity index (χ3v) is 5.61. The van der Waals surface area contributed by atoms with Crippen LogP contribution in [0.2, 0.25) is 0 Å². The highest BCUT2D eigenvalue weighted by Crippen LogP contribution is 2.34. The molecule has 4 aromatic rings. The van der Waals surface area contributed by atoms with E-state index in [2.05, 4.69) is 11.1 Å². The number of benzene rings is 2. The zero-order valence-electron chi connectivity index (χ0n) is 17.2. The minimum Gasteiger partial charge on any atom is -0.475 e. The van der Waals surface area contributed by atoms with Crippen LogP contribution < -0.4 is 10.5 Å². The number of aromatic nitrogens is 3. The van der Waals surface area contributed by atoms with Gasteiger partial charge in [0, 0.05) is 35.9 Å². The van der Waals surface area contributed by atoms with Gasteiger partial charge < -0.3 is 15.2 Å². The van der Waals surface area contributed by atoms with Crippen LogP contribution in [0.25, 0.3) is 33.4 Å². The highest BCUT2D eigenvalue weighted by Gasteiger charge is 2.19. The number of nitrogens with two attached hydrogens (primary N) is 1. The lowest BCUT2D eigenvalue weighted by Crippen LogP contribution is -2.22. The van der Waals surface area contributed by atoms with Gasteiger partial charge in [-0.3, -0.25) is 4.98 Å². The van der Waals surface area contributed by atoms with Crippen LogP contribution in [0, 0.1) is 5.92 Å². The molecule has 2 aromatic heterocycles. The average molecular weight is 412 g/mol. The van der Waals surface area contributed by atoms with E-state index in [0.717, 1.165) is 59.5 Å². The molecular weight excluding hydrogens is 388 g/mol. The fraction of sp³-hybridized carbons (Fsp3) is 0.240. The summed E-state index contributed by atoms with van der Waals surface area (Å²) in [6, 6.07) is 20.0. The van der Waals surface area contributed by atoms with Gasteiger partial charge in [0.05, 0.1) is 17.8 Å². The fourth-order valence-corrected chi connectivity index (χ4v) is 3.87. The fourth-order valence-electron chi connectivity index (χ4n) is 3.87. The zero-order chi connectivity index (χ0) is 21.0. The summed E-state index contributed by atoms with van der Waals surface area (Å²) in [5, 5.41) is 1.04. The monoisotopic (exact) mass is 412 g/mol. The van der Waals surface area contributed by atoms with Crippen LogP contribution >= 0.6 is 0 Å². The summed E-state index contributed by atoms with van der Waals surface area (Å²) < 4.78 is 11.5. The number of nitrogens with zero attached hydrogens (tertiary/aromatic N) is 3. The molecular formula is C25H24N4O2. The van der Waals surface area contributed by atoms with Crippen molar-refractivity contribution in [1.82, 2.24) is 15.0 Å². The second kappa shape index (κ2) is 8.70. The molecule has 6 heteroatoms. The predicted molar refractivity (Wildman–Crippen MR) is 122 cm³/mol. The van der Waals surface area contributed by atoms with E-state index in [0.29, 0.717) is 24.2 Å². The average Bonchev–Trinajstić information content (AvgIpc) is 2.84. The lowest BCUT2D eigenvalue weighted by molar-refractivity contribution is 0.0491. The Labute approximate surface area is 181 Å². The second-order valence-electron chi connectivity index (χ2n) is 7.75. The van der Waals surface area contributed by atoms with Crippen molar-refractivity contribution in [2.45, 2.75) is 12.8 Å². The second-order valence-corrected chi connectivity index (χ2v) is 7.75. The summed E-state index contributed by atoms with van der Waals surface area (Å²) >= 11 is 0. The topological polar surface area (TPSA) is 83.2 Å². The number of pyridine rings is 1. The zero-order valence-corrected chi connectivity index (χ0v) is 17.2. The maximum atomic E-state index is 6.28. The molecule has 0 amide bonds. The molecule has 0 bridgehead atoms. The van der Waals surface area contributed by atoms with Crippen molar-refractivity contribution in [3.63, 3.8) is 0 Å². The molecule has 0 radical (unpaired) electrons. The van der Waals surface area contributed by atoms with Gasteiger partial charge in [-0.2, -0.15) is 0 Å². The lowest BCUT2D eigenvalue weighted by atomic mass is 10.0. The van der Waals surface area contributed by atoms with Gasteiger partial charge in [0.1, 0.15) is 5.69 Å². The Bertz CT molecular complexity index is 1190. The number of hydrogen-bond donors (Lipinski definition) is 1. The maximum absolute atomic E-state index is 6.28. The molecule has 6 nitrogen and oxygen atoms in total. The summed E-state index contributed by atoms with van der Waals surface area (Å²) in [5.74, 6) is 1.13. The van der Waals surface area contributed by atoms with Crippen LogP contribution in [0.15, 0.2) is 66.9 Å². The molecule has 1 saturated heterocycles. The van der Waals surface area contributed by atoms with Gasteiger partial charge in [-0.05, 0) is 37.0 Å². The standard InChI is InChI=1S/C25H24N4O2/c26-24-25(31-16-17-10-13-30-14-11-17)29-23(22(28-24)18-5-2-1-3-6-18)20-8-9-21-19(15-20)7-4-12-27-21/h1-9,12,15,17H,10-11,13-14,16H2,(H2,26,28). The summed E-state index contributed by atoms with van der Waals surface area (Å²) in [6.07, 6.45) is 3.77. The van der Waals surface area contributed by atoms with E-state index < -0.39 is 0 Å². The van der Waals surface area contributed by atoms with Crippen LogP contribution in [0.5, 0.6) is 5.88 Å². The molecule has 0 unspecified atom stereocenters. The normalized spacial score (nSPS) is 14.6. The predicted octanol–water partition coefficient (Wildman–Crippen LogP) is 4.75. The summed E-state index contributed by atoms with van der Waals surface area (Å²) in [4.78, 5) is 14.0. The number of hydrogen-bond acceptors (Lipinski definition) is 6. The molecule has 1 fully saturated rings. The summed E-state index contributed by atoms with van der Waals surface area (Å²) in [5.41, 5.74) is 10.6. The number of ether oxygens (including phenoxy) is 2. The minimum atomic E-state index is 0.303. The largest absolute Gasteiger partial charge is 0.475 e. The summed E-state index contributed by atoms with van der Waals surface area (Å²) in [6.45, 7) is 2.12. The molecule has 0 atom stereocenters. The molecule has 5 rings (SSSR count). The molecule has 1 aliphatic heterocycles. The van der Waals surface area contributed by atoms with E-state index in [1.165, 1.54) is 0 Å². The number of anilines is 1. The van der Waals surface area contributed by atoms with Gasteiger partial charge in [-0.15, -0.1) is 0 Å². The van der Waals surface area contributed by atoms with Crippen LogP contribution in [0.4, 0.5) is 5.82 Å².